The maximum absolute atomic E-state index is 12.8. The highest BCUT2D eigenvalue weighted by Gasteiger charge is 2.19. The molecule has 0 saturated carbocycles. The van der Waals surface area contributed by atoms with Gasteiger partial charge in [0, 0.05) is 19.3 Å². The highest BCUT2D eigenvalue weighted by Crippen LogP contribution is 2.12. The van der Waals surface area contributed by atoms with Crippen molar-refractivity contribution in [2.45, 2.75) is 200 Å². The minimum absolute atomic E-state index is 0.134. The third-order valence-corrected chi connectivity index (χ3v) is 9.81. The molecule has 0 N–H and O–H groups in total. The van der Waals surface area contributed by atoms with Crippen molar-refractivity contribution in [3.8, 4) is 0 Å². The fourth-order valence-electron chi connectivity index (χ4n) is 6.17. The predicted octanol–water partition coefficient (Wildman–Crippen LogP) is 16.1. The van der Waals surface area contributed by atoms with E-state index in [9.17, 15) is 14.4 Å². The number of allylic oxidation sites excluding steroid dienone is 20. The lowest BCUT2D eigenvalue weighted by Gasteiger charge is -2.18. The predicted molar refractivity (Wildman–Crippen MR) is 265 cm³/mol. The smallest absolute Gasteiger partial charge is 0.306 e. The second-order valence-electron chi connectivity index (χ2n) is 15.7. The van der Waals surface area contributed by atoms with E-state index in [0.717, 1.165) is 77.0 Å². The zero-order valence-electron chi connectivity index (χ0n) is 39.6. The molecule has 0 fully saturated rings. The third-order valence-electron chi connectivity index (χ3n) is 9.81. The van der Waals surface area contributed by atoms with Crippen molar-refractivity contribution in [3.63, 3.8) is 0 Å². The minimum Gasteiger partial charge on any atom is -0.462 e. The Morgan fingerprint density at radius 3 is 1.23 bits per heavy atom. The molecule has 0 aliphatic carbocycles. The molecular weight excluding hydrogens is 769 g/mol. The van der Waals surface area contributed by atoms with Crippen molar-refractivity contribution >= 4 is 17.9 Å². The summed E-state index contributed by atoms with van der Waals surface area (Å²) in [6.45, 7) is 6.24. The number of carbonyl (C=O) groups excluding carboxylic acids is 3. The van der Waals surface area contributed by atoms with Crippen LogP contribution in [0, 0.1) is 0 Å². The number of ether oxygens (including phenoxy) is 3. The van der Waals surface area contributed by atoms with Crippen LogP contribution in [-0.2, 0) is 28.6 Å². The molecule has 0 radical (unpaired) electrons. The zero-order valence-corrected chi connectivity index (χ0v) is 39.6. The molecule has 0 saturated heterocycles. The fourth-order valence-corrected chi connectivity index (χ4v) is 6.17. The lowest BCUT2D eigenvalue weighted by atomic mass is 10.1. The van der Waals surface area contributed by atoms with Crippen molar-refractivity contribution in [1.82, 2.24) is 0 Å². The van der Waals surface area contributed by atoms with Crippen LogP contribution in [0.5, 0.6) is 0 Å². The van der Waals surface area contributed by atoms with Gasteiger partial charge in [-0.2, -0.15) is 0 Å². The Morgan fingerprint density at radius 1 is 0.355 bits per heavy atom. The SMILES string of the molecule is CC\C=C/C=C\C=C/C=C\C=C/CCCC(=O)OCC(COC(=O)CCC/C=C\C/C=C\C/C=C\CCCCCCCC)OC(=O)CCCCCCCCC/C=C\C/C=C\CC. The first kappa shape index (κ1) is 57.8. The molecule has 6 nitrogen and oxygen atoms in total. The minimum atomic E-state index is -0.834. The van der Waals surface area contributed by atoms with Crippen LogP contribution in [0.15, 0.2) is 122 Å². The van der Waals surface area contributed by atoms with Gasteiger partial charge in [0.1, 0.15) is 13.2 Å². The first-order valence-corrected chi connectivity index (χ1v) is 24.6. The summed E-state index contributed by atoms with van der Waals surface area (Å²) in [5, 5.41) is 0. The van der Waals surface area contributed by atoms with E-state index in [4.69, 9.17) is 14.2 Å². The van der Waals surface area contributed by atoms with Gasteiger partial charge in [0.2, 0.25) is 0 Å². The van der Waals surface area contributed by atoms with Crippen molar-refractivity contribution in [2.24, 2.45) is 0 Å². The second-order valence-corrected chi connectivity index (χ2v) is 15.7. The Labute approximate surface area is 380 Å². The summed E-state index contributed by atoms with van der Waals surface area (Å²) in [6, 6.07) is 0. The van der Waals surface area contributed by atoms with E-state index in [2.05, 4.69) is 87.6 Å². The molecular formula is C56H88O6. The largest absolute Gasteiger partial charge is 0.462 e. The summed E-state index contributed by atoms with van der Waals surface area (Å²) in [6.07, 6.45) is 67.7. The lowest BCUT2D eigenvalue weighted by molar-refractivity contribution is -0.167. The van der Waals surface area contributed by atoms with Crippen LogP contribution in [0.1, 0.15) is 194 Å². The number of rotatable bonds is 42. The standard InChI is InChI=1S/C56H88O6/c1-4-7-10-13-16-19-22-25-27-28-29-32-34-37-40-43-46-49-55(58)61-52-53(51-60-54(57)48-45-42-39-36-33-30-24-21-18-15-12-9-6-3)62-56(59)50-47-44-41-38-35-31-26-23-20-17-14-11-8-5-2/h8-9,11-12,15,17-18,20-21,24-25,27,29-30,32-33,36-37,39-40,53H,4-7,10,13-14,16,19,22-23,26,28,31,34-35,38,41-52H2,1-3H3/b11-8-,12-9-,18-15-,20-17-,24-21-,27-25-,32-29-,33-30-,39-36-,40-37-. The van der Waals surface area contributed by atoms with Crippen LogP contribution in [0.3, 0.4) is 0 Å². The molecule has 0 aliphatic heterocycles. The van der Waals surface area contributed by atoms with E-state index >= 15 is 0 Å². The van der Waals surface area contributed by atoms with Gasteiger partial charge < -0.3 is 14.2 Å². The topological polar surface area (TPSA) is 78.9 Å². The van der Waals surface area contributed by atoms with E-state index in [1.807, 2.05) is 54.7 Å². The third kappa shape index (κ3) is 46.9. The van der Waals surface area contributed by atoms with Crippen LogP contribution in [0.4, 0.5) is 0 Å². The Morgan fingerprint density at radius 2 is 0.726 bits per heavy atom. The summed E-state index contributed by atoms with van der Waals surface area (Å²) >= 11 is 0. The highest BCUT2D eigenvalue weighted by atomic mass is 16.6. The Balaban J connectivity index is 4.59. The molecule has 348 valence electrons. The molecule has 0 spiro atoms. The van der Waals surface area contributed by atoms with E-state index in [1.165, 1.54) is 64.2 Å². The van der Waals surface area contributed by atoms with Gasteiger partial charge in [-0.05, 0) is 89.9 Å². The number of esters is 3. The molecule has 0 aromatic heterocycles. The van der Waals surface area contributed by atoms with E-state index in [1.54, 1.807) is 0 Å². The average Bonchev–Trinajstić information content (AvgIpc) is 3.27. The van der Waals surface area contributed by atoms with Crippen LogP contribution in [0.2, 0.25) is 0 Å². The zero-order chi connectivity index (χ0) is 45.1. The fraction of sp³-hybridized carbons (Fsp3) is 0.589. The summed E-state index contributed by atoms with van der Waals surface area (Å²) in [7, 11) is 0. The maximum atomic E-state index is 12.8. The molecule has 0 aromatic carbocycles. The van der Waals surface area contributed by atoms with Crippen molar-refractivity contribution in [3.05, 3.63) is 122 Å². The summed E-state index contributed by atoms with van der Waals surface area (Å²) in [5.74, 6) is -1.08. The molecule has 1 unspecified atom stereocenters. The van der Waals surface area contributed by atoms with E-state index in [0.29, 0.717) is 12.8 Å². The Kier molecular flexibility index (Phi) is 46.1. The van der Waals surface area contributed by atoms with Crippen LogP contribution < -0.4 is 0 Å². The number of carbonyl (C=O) groups is 3. The van der Waals surface area contributed by atoms with Crippen molar-refractivity contribution in [2.75, 3.05) is 13.2 Å². The normalized spacial score (nSPS) is 13.1. The van der Waals surface area contributed by atoms with E-state index in [-0.39, 0.29) is 50.4 Å². The van der Waals surface area contributed by atoms with E-state index < -0.39 is 6.10 Å². The van der Waals surface area contributed by atoms with Crippen molar-refractivity contribution in [1.29, 1.82) is 0 Å². The van der Waals surface area contributed by atoms with Gasteiger partial charge in [0.05, 0.1) is 0 Å². The molecule has 62 heavy (non-hydrogen) atoms. The van der Waals surface area contributed by atoms with Gasteiger partial charge in [-0.15, -0.1) is 0 Å². The van der Waals surface area contributed by atoms with Crippen LogP contribution in [0.25, 0.3) is 0 Å². The molecule has 0 aliphatic rings. The van der Waals surface area contributed by atoms with Crippen molar-refractivity contribution < 1.29 is 28.6 Å². The second kappa shape index (κ2) is 49.5. The Bertz CT molecular complexity index is 1350. The highest BCUT2D eigenvalue weighted by molar-refractivity contribution is 5.71. The summed E-state index contributed by atoms with van der Waals surface area (Å²) in [5.41, 5.74) is 0. The van der Waals surface area contributed by atoms with Crippen LogP contribution >= 0.6 is 0 Å². The molecule has 0 rings (SSSR count). The van der Waals surface area contributed by atoms with Gasteiger partial charge in [-0.25, -0.2) is 0 Å². The summed E-state index contributed by atoms with van der Waals surface area (Å²) in [4.78, 5) is 37.9. The molecule has 0 amide bonds. The van der Waals surface area contributed by atoms with Gasteiger partial charge in [0.15, 0.2) is 6.10 Å². The molecule has 0 heterocycles. The Hall–Kier alpha value is -4.19. The van der Waals surface area contributed by atoms with Gasteiger partial charge in [0.25, 0.3) is 0 Å². The molecule has 1 atom stereocenters. The first-order chi connectivity index (χ1) is 30.5. The number of unbranched alkanes of at least 4 members (excludes halogenated alkanes) is 15. The number of hydrogen-bond donors (Lipinski definition) is 0. The monoisotopic (exact) mass is 857 g/mol. The van der Waals surface area contributed by atoms with Gasteiger partial charge >= 0.3 is 17.9 Å². The first-order valence-electron chi connectivity index (χ1n) is 24.6. The molecule has 6 heteroatoms. The molecule has 0 aromatic rings. The van der Waals surface area contributed by atoms with Gasteiger partial charge in [-0.3, -0.25) is 14.4 Å². The van der Waals surface area contributed by atoms with Gasteiger partial charge in [-0.1, -0.05) is 206 Å². The average molecular weight is 857 g/mol. The lowest BCUT2D eigenvalue weighted by Crippen LogP contribution is -2.30. The molecule has 0 bridgehead atoms. The summed E-state index contributed by atoms with van der Waals surface area (Å²) < 4.78 is 16.6. The number of hydrogen-bond acceptors (Lipinski definition) is 6. The maximum Gasteiger partial charge on any atom is 0.306 e. The van der Waals surface area contributed by atoms with Crippen LogP contribution in [-0.4, -0.2) is 37.2 Å². The quantitative estimate of drug-likeness (QED) is 0.0200.